The van der Waals surface area contributed by atoms with Crippen molar-refractivity contribution in [2.24, 2.45) is 17.1 Å². The minimum atomic E-state index is -0.430. The minimum absolute atomic E-state index is 0.162. The number of hydrogen-bond acceptors (Lipinski definition) is 4. The number of ether oxygens (including phenoxy) is 1. The summed E-state index contributed by atoms with van der Waals surface area (Å²) < 4.78 is 5.17. The lowest BCUT2D eigenvalue weighted by Crippen LogP contribution is -2.59. The van der Waals surface area contributed by atoms with Crippen LogP contribution in [0.1, 0.15) is 12.8 Å². The lowest BCUT2D eigenvalue weighted by molar-refractivity contribution is -0.169. The highest BCUT2D eigenvalue weighted by molar-refractivity contribution is 5.84. The van der Waals surface area contributed by atoms with Crippen LogP contribution in [0.4, 0.5) is 0 Å². The van der Waals surface area contributed by atoms with Gasteiger partial charge in [-0.05, 0) is 38.9 Å². The molecule has 5 nitrogen and oxygen atoms in total. The molecule has 2 aliphatic heterocycles. The number of nitrogens with zero attached hydrogens (tertiary/aromatic N) is 2. The SMILES string of the molecule is CN1CCC(CN(C)C(=O)C2(CN)COC2)CC1. The summed E-state index contributed by atoms with van der Waals surface area (Å²) in [6.07, 6.45) is 2.36. The van der Waals surface area contributed by atoms with Crippen LogP contribution in [0.2, 0.25) is 0 Å². The number of amides is 1. The number of rotatable bonds is 4. The summed E-state index contributed by atoms with van der Waals surface area (Å²) in [6, 6.07) is 0. The van der Waals surface area contributed by atoms with Crippen molar-refractivity contribution < 1.29 is 9.53 Å². The minimum Gasteiger partial charge on any atom is -0.379 e. The molecule has 104 valence electrons. The Hall–Kier alpha value is -0.650. The van der Waals surface area contributed by atoms with Crippen LogP contribution in [-0.2, 0) is 9.53 Å². The summed E-state index contributed by atoms with van der Waals surface area (Å²) in [5.74, 6) is 0.793. The van der Waals surface area contributed by atoms with Crippen LogP contribution < -0.4 is 5.73 Å². The van der Waals surface area contributed by atoms with Gasteiger partial charge in [-0.3, -0.25) is 4.79 Å². The Morgan fingerprint density at radius 1 is 1.44 bits per heavy atom. The molecule has 0 radical (unpaired) electrons. The van der Waals surface area contributed by atoms with Crippen molar-refractivity contribution >= 4 is 5.91 Å². The number of carbonyl (C=O) groups is 1. The van der Waals surface area contributed by atoms with Gasteiger partial charge in [0.1, 0.15) is 5.41 Å². The molecule has 0 atom stereocenters. The maximum atomic E-state index is 12.4. The van der Waals surface area contributed by atoms with Gasteiger partial charge >= 0.3 is 0 Å². The van der Waals surface area contributed by atoms with Crippen molar-refractivity contribution in [1.29, 1.82) is 0 Å². The van der Waals surface area contributed by atoms with Crippen molar-refractivity contribution in [3.63, 3.8) is 0 Å². The molecular weight excluding hydrogens is 230 g/mol. The van der Waals surface area contributed by atoms with E-state index in [-0.39, 0.29) is 5.91 Å². The predicted molar refractivity (Wildman–Crippen MR) is 70.2 cm³/mol. The molecule has 0 spiro atoms. The maximum absolute atomic E-state index is 12.4. The Bertz CT molecular complexity index is 291. The lowest BCUT2D eigenvalue weighted by Gasteiger charge is -2.42. The second kappa shape index (κ2) is 5.55. The number of nitrogens with two attached hydrogens (primary N) is 1. The third kappa shape index (κ3) is 2.68. The summed E-state index contributed by atoms with van der Waals surface area (Å²) in [5, 5.41) is 0. The number of likely N-dealkylation sites (tertiary alicyclic amines) is 1. The lowest BCUT2D eigenvalue weighted by atomic mass is 9.84. The van der Waals surface area contributed by atoms with Crippen molar-refractivity contribution in [1.82, 2.24) is 9.80 Å². The zero-order valence-corrected chi connectivity index (χ0v) is 11.5. The molecular formula is C13H25N3O2. The second-order valence-electron chi connectivity index (χ2n) is 5.91. The molecule has 0 bridgehead atoms. The maximum Gasteiger partial charge on any atom is 0.234 e. The Labute approximate surface area is 109 Å². The largest absolute Gasteiger partial charge is 0.379 e. The monoisotopic (exact) mass is 255 g/mol. The molecule has 0 aromatic heterocycles. The quantitative estimate of drug-likeness (QED) is 0.753. The van der Waals surface area contributed by atoms with E-state index in [4.69, 9.17) is 10.5 Å². The molecule has 2 heterocycles. The van der Waals surface area contributed by atoms with E-state index in [9.17, 15) is 4.79 Å². The van der Waals surface area contributed by atoms with Crippen LogP contribution in [0.5, 0.6) is 0 Å². The van der Waals surface area contributed by atoms with E-state index in [2.05, 4.69) is 11.9 Å². The summed E-state index contributed by atoms with van der Waals surface area (Å²) >= 11 is 0. The van der Waals surface area contributed by atoms with E-state index < -0.39 is 5.41 Å². The average molecular weight is 255 g/mol. The fraction of sp³-hybridized carbons (Fsp3) is 0.923. The molecule has 18 heavy (non-hydrogen) atoms. The Kier molecular flexibility index (Phi) is 4.25. The number of carbonyl (C=O) groups excluding carboxylic acids is 1. The van der Waals surface area contributed by atoms with Crippen LogP contribution in [0.3, 0.4) is 0 Å². The first-order valence-corrected chi connectivity index (χ1v) is 6.79. The molecule has 0 unspecified atom stereocenters. The van der Waals surface area contributed by atoms with E-state index in [0.29, 0.717) is 25.7 Å². The third-order valence-electron chi connectivity index (χ3n) is 4.32. The molecule has 0 aromatic rings. The Morgan fingerprint density at radius 3 is 2.50 bits per heavy atom. The zero-order valence-electron chi connectivity index (χ0n) is 11.5. The summed E-state index contributed by atoms with van der Waals surface area (Å²) in [5.41, 5.74) is 5.29. The topological polar surface area (TPSA) is 58.8 Å². The molecule has 5 heteroatoms. The standard InChI is InChI=1S/C13H25N3O2/c1-15-5-3-11(4-6-15)7-16(2)12(17)13(8-14)9-18-10-13/h11H,3-10,14H2,1-2H3. The van der Waals surface area contributed by atoms with Gasteiger partial charge in [0.2, 0.25) is 5.91 Å². The van der Waals surface area contributed by atoms with Gasteiger partial charge < -0.3 is 20.3 Å². The second-order valence-corrected chi connectivity index (χ2v) is 5.91. The zero-order chi connectivity index (χ0) is 13.2. The summed E-state index contributed by atoms with van der Waals surface area (Å²) in [4.78, 5) is 16.6. The molecule has 2 saturated heterocycles. The van der Waals surface area contributed by atoms with E-state index in [1.165, 1.54) is 12.8 Å². The molecule has 2 fully saturated rings. The molecule has 2 aliphatic rings. The van der Waals surface area contributed by atoms with Crippen LogP contribution in [-0.4, -0.2) is 69.2 Å². The van der Waals surface area contributed by atoms with Gasteiger partial charge in [0.15, 0.2) is 0 Å². The van der Waals surface area contributed by atoms with Gasteiger partial charge in [-0.2, -0.15) is 0 Å². The number of hydrogen-bond donors (Lipinski definition) is 1. The molecule has 0 aromatic carbocycles. The predicted octanol–water partition coefficient (Wildman–Crippen LogP) is -0.238. The smallest absolute Gasteiger partial charge is 0.234 e. The van der Waals surface area contributed by atoms with E-state index in [1.54, 1.807) is 0 Å². The molecule has 0 saturated carbocycles. The van der Waals surface area contributed by atoms with E-state index >= 15 is 0 Å². The fourth-order valence-corrected chi connectivity index (χ4v) is 2.80. The third-order valence-corrected chi connectivity index (χ3v) is 4.32. The van der Waals surface area contributed by atoms with Crippen molar-refractivity contribution in [3.8, 4) is 0 Å². The Morgan fingerprint density at radius 2 is 2.06 bits per heavy atom. The first-order valence-electron chi connectivity index (χ1n) is 6.79. The van der Waals surface area contributed by atoms with Crippen LogP contribution in [0, 0.1) is 11.3 Å². The molecule has 2 rings (SSSR count). The van der Waals surface area contributed by atoms with Gasteiger partial charge in [-0.1, -0.05) is 0 Å². The molecule has 0 aliphatic carbocycles. The van der Waals surface area contributed by atoms with Crippen LogP contribution in [0.15, 0.2) is 0 Å². The highest BCUT2D eigenvalue weighted by Crippen LogP contribution is 2.29. The van der Waals surface area contributed by atoms with Crippen LogP contribution in [0.25, 0.3) is 0 Å². The first-order chi connectivity index (χ1) is 8.57. The van der Waals surface area contributed by atoms with Crippen LogP contribution >= 0.6 is 0 Å². The number of piperidine rings is 1. The van der Waals surface area contributed by atoms with Crippen molar-refractivity contribution in [2.45, 2.75) is 12.8 Å². The summed E-state index contributed by atoms with van der Waals surface area (Å²) in [6.45, 7) is 4.49. The van der Waals surface area contributed by atoms with Crippen molar-refractivity contribution in [3.05, 3.63) is 0 Å². The van der Waals surface area contributed by atoms with Gasteiger partial charge in [0, 0.05) is 20.1 Å². The fourth-order valence-electron chi connectivity index (χ4n) is 2.80. The molecule has 1 amide bonds. The van der Waals surface area contributed by atoms with Gasteiger partial charge in [0.05, 0.1) is 13.2 Å². The summed E-state index contributed by atoms with van der Waals surface area (Å²) in [7, 11) is 4.05. The Balaban J connectivity index is 1.84. The highest BCUT2D eigenvalue weighted by Gasteiger charge is 2.46. The molecule has 2 N–H and O–H groups in total. The van der Waals surface area contributed by atoms with E-state index in [1.807, 2.05) is 11.9 Å². The average Bonchev–Trinajstić information content (AvgIpc) is 2.31. The first kappa shape index (κ1) is 13.8. The van der Waals surface area contributed by atoms with E-state index in [0.717, 1.165) is 19.6 Å². The van der Waals surface area contributed by atoms with Gasteiger partial charge in [-0.25, -0.2) is 0 Å². The highest BCUT2D eigenvalue weighted by atomic mass is 16.5. The van der Waals surface area contributed by atoms with Gasteiger partial charge in [-0.15, -0.1) is 0 Å². The van der Waals surface area contributed by atoms with Gasteiger partial charge in [0.25, 0.3) is 0 Å². The van der Waals surface area contributed by atoms with Crippen molar-refractivity contribution in [2.75, 3.05) is 53.5 Å². The normalized spacial score (nSPS) is 24.6.